The van der Waals surface area contributed by atoms with Gasteiger partial charge in [-0.05, 0) is 43.7 Å². The fourth-order valence-electron chi connectivity index (χ4n) is 2.60. The number of rotatable bonds is 10. The summed E-state index contributed by atoms with van der Waals surface area (Å²) < 4.78 is 16.0. The number of esters is 1. The van der Waals surface area contributed by atoms with Gasteiger partial charge in [0.2, 0.25) is 5.91 Å². The lowest BCUT2D eigenvalue weighted by Crippen LogP contribution is -2.21. The van der Waals surface area contributed by atoms with Crippen molar-refractivity contribution in [1.29, 1.82) is 0 Å². The van der Waals surface area contributed by atoms with Crippen LogP contribution in [0.5, 0.6) is 11.5 Å². The molecule has 0 aromatic heterocycles. The number of benzene rings is 2. The van der Waals surface area contributed by atoms with Crippen molar-refractivity contribution in [3.8, 4) is 11.5 Å². The van der Waals surface area contributed by atoms with E-state index in [9.17, 15) is 14.4 Å². The Labute approximate surface area is 175 Å². The van der Waals surface area contributed by atoms with Gasteiger partial charge in [0.15, 0.2) is 18.1 Å². The molecule has 0 saturated carbocycles. The van der Waals surface area contributed by atoms with Gasteiger partial charge in [-0.3, -0.25) is 14.4 Å². The van der Waals surface area contributed by atoms with Gasteiger partial charge in [0.25, 0.3) is 5.91 Å². The van der Waals surface area contributed by atoms with Crippen LogP contribution in [0.3, 0.4) is 0 Å². The zero-order valence-corrected chi connectivity index (χ0v) is 17.3. The third-order valence-corrected chi connectivity index (χ3v) is 3.81. The summed E-state index contributed by atoms with van der Waals surface area (Å²) in [6.07, 6.45) is 0.0190. The number of ether oxygens (including phenoxy) is 3. The van der Waals surface area contributed by atoms with Gasteiger partial charge in [-0.1, -0.05) is 12.1 Å². The summed E-state index contributed by atoms with van der Waals surface area (Å²) in [5.41, 5.74) is 1.86. The largest absolute Gasteiger partial charge is 0.490 e. The number of anilines is 2. The second-order valence-corrected chi connectivity index (χ2v) is 6.29. The zero-order chi connectivity index (χ0) is 21.9. The van der Waals surface area contributed by atoms with Crippen LogP contribution in [0, 0.1) is 0 Å². The van der Waals surface area contributed by atoms with Crippen LogP contribution in [0.1, 0.15) is 26.3 Å². The van der Waals surface area contributed by atoms with Crippen LogP contribution in [0.15, 0.2) is 42.5 Å². The van der Waals surface area contributed by atoms with Crippen molar-refractivity contribution in [2.45, 2.75) is 27.2 Å². The molecule has 0 fully saturated rings. The minimum atomic E-state index is -0.529. The standard InChI is InChI=1S/C22H26N2O6/c1-4-28-19-11-10-18(13-20(19)29-5-2)24-21(26)14-30-22(27)12-16-6-8-17(9-7-16)23-15(3)25/h6-11,13H,4-5,12,14H2,1-3H3,(H,23,25)(H,24,26). The van der Waals surface area contributed by atoms with Gasteiger partial charge in [0, 0.05) is 24.4 Å². The molecule has 0 radical (unpaired) electrons. The fraction of sp³-hybridized carbons (Fsp3) is 0.318. The summed E-state index contributed by atoms with van der Waals surface area (Å²) in [5, 5.41) is 5.31. The molecule has 30 heavy (non-hydrogen) atoms. The lowest BCUT2D eigenvalue weighted by Gasteiger charge is -2.13. The van der Waals surface area contributed by atoms with Gasteiger partial charge in [-0.2, -0.15) is 0 Å². The Morgan fingerprint density at radius 1 is 0.833 bits per heavy atom. The Balaban J connectivity index is 1.84. The molecule has 2 aromatic carbocycles. The van der Waals surface area contributed by atoms with Crippen molar-refractivity contribution < 1.29 is 28.6 Å². The summed E-state index contributed by atoms with van der Waals surface area (Å²) in [6, 6.07) is 11.9. The van der Waals surface area contributed by atoms with E-state index < -0.39 is 18.5 Å². The normalized spacial score (nSPS) is 10.1. The molecule has 0 aliphatic carbocycles. The second kappa shape index (κ2) is 11.5. The van der Waals surface area contributed by atoms with E-state index in [-0.39, 0.29) is 12.3 Å². The molecule has 0 atom stereocenters. The number of nitrogens with one attached hydrogen (secondary N) is 2. The van der Waals surface area contributed by atoms with E-state index >= 15 is 0 Å². The molecular formula is C22H26N2O6. The Morgan fingerprint density at radius 3 is 2.10 bits per heavy atom. The third kappa shape index (κ3) is 7.46. The SMILES string of the molecule is CCOc1ccc(NC(=O)COC(=O)Cc2ccc(NC(C)=O)cc2)cc1OCC. The molecule has 0 aliphatic rings. The fourth-order valence-corrected chi connectivity index (χ4v) is 2.60. The van der Waals surface area contributed by atoms with E-state index in [1.807, 2.05) is 13.8 Å². The minimum Gasteiger partial charge on any atom is -0.490 e. The van der Waals surface area contributed by atoms with E-state index in [0.717, 1.165) is 0 Å². The van der Waals surface area contributed by atoms with Crippen LogP contribution in [-0.4, -0.2) is 37.6 Å². The third-order valence-electron chi connectivity index (χ3n) is 3.81. The van der Waals surface area contributed by atoms with Crippen LogP contribution in [0.4, 0.5) is 11.4 Å². The van der Waals surface area contributed by atoms with E-state index in [2.05, 4.69) is 10.6 Å². The van der Waals surface area contributed by atoms with Crippen molar-refractivity contribution in [3.05, 3.63) is 48.0 Å². The first kappa shape index (κ1) is 22.7. The Bertz CT molecular complexity index is 880. The minimum absolute atomic E-state index is 0.0190. The first-order valence-electron chi connectivity index (χ1n) is 9.63. The molecule has 160 valence electrons. The predicted octanol–water partition coefficient (Wildman–Crippen LogP) is 3.17. The monoisotopic (exact) mass is 414 g/mol. The molecule has 0 saturated heterocycles. The molecule has 0 spiro atoms. The molecule has 0 bridgehead atoms. The zero-order valence-electron chi connectivity index (χ0n) is 17.3. The lowest BCUT2D eigenvalue weighted by molar-refractivity contribution is -0.146. The lowest BCUT2D eigenvalue weighted by atomic mass is 10.1. The van der Waals surface area contributed by atoms with Gasteiger partial charge in [0.1, 0.15) is 0 Å². The molecule has 2 rings (SSSR count). The Hall–Kier alpha value is -3.55. The Morgan fingerprint density at radius 2 is 1.47 bits per heavy atom. The number of hydrogen-bond acceptors (Lipinski definition) is 6. The molecule has 2 aromatic rings. The molecule has 0 aliphatic heterocycles. The van der Waals surface area contributed by atoms with Crippen molar-refractivity contribution in [2.75, 3.05) is 30.5 Å². The van der Waals surface area contributed by atoms with Gasteiger partial charge in [-0.25, -0.2) is 0 Å². The first-order chi connectivity index (χ1) is 14.4. The van der Waals surface area contributed by atoms with Crippen molar-refractivity contribution in [1.82, 2.24) is 0 Å². The summed E-state index contributed by atoms with van der Waals surface area (Å²) in [4.78, 5) is 35.1. The molecule has 0 heterocycles. The van der Waals surface area contributed by atoms with Crippen LogP contribution in [0.25, 0.3) is 0 Å². The molecule has 2 N–H and O–H groups in total. The van der Waals surface area contributed by atoms with E-state index in [0.29, 0.717) is 41.7 Å². The molecule has 8 heteroatoms. The van der Waals surface area contributed by atoms with Crippen LogP contribution in [-0.2, 0) is 25.5 Å². The maximum Gasteiger partial charge on any atom is 0.310 e. The maximum absolute atomic E-state index is 12.1. The number of carbonyl (C=O) groups is 3. The van der Waals surface area contributed by atoms with Gasteiger partial charge < -0.3 is 24.8 Å². The number of carbonyl (C=O) groups excluding carboxylic acids is 3. The highest BCUT2D eigenvalue weighted by molar-refractivity contribution is 5.93. The maximum atomic E-state index is 12.1. The Kier molecular flexibility index (Phi) is 8.68. The number of hydrogen-bond donors (Lipinski definition) is 2. The number of amides is 2. The van der Waals surface area contributed by atoms with Crippen molar-refractivity contribution >= 4 is 29.2 Å². The molecular weight excluding hydrogens is 388 g/mol. The molecule has 2 amide bonds. The summed E-state index contributed by atoms with van der Waals surface area (Å²) >= 11 is 0. The van der Waals surface area contributed by atoms with Gasteiger partial charge >= 0.3 is 5.97 Å². The summed E-state index contributed by atoms with van der Waals surface area (Å²) in [6.45, 7) is 5.70. The van der Waals surface area contributed by atoms with E-state index in [4.69, 9.17) is 14.2 Å². The first-order valence-corrected chi connectivity index (χ1v) is 9.63. The van der Waals surface area contributed by atoms with E-state index in [1.165, 1.54) is 6.92 Å². The average Bonchev–Trinajstić information content (AvgIpc) is 2.70. The predicted molar refractivity (Wildman–Crippen MR) is 113 cm³/mol. The smallest absolute Gasteiger partial charge is 0.310 e. The highest BCUT2D eigenvalue weighted by atomic mass is 16.5. The highest BCUT2D eigenvalue weighted by Crippen LogP contribution is 2.30. The molecule has 0 unspecified atom stereocenters. The average molecular weight is 414 g/mol. The van der Waals surface area contributed by atoms with Crippen LogP contribution >= 0.6 is 0 Å². The van der Waals surface area contributed by atoms with Crippen molar-refractivity contribution in [2.24, 2.45) is 0 Å². The van der Waals surface area contributed by atoms with Crippen molar-refractivity contribution in [3.63, 3.8) is 0 Å². The second-order valence-electron chi connectivity index (χ2n) is 6.29. The highest BCUT2D eigenvalue weighted by Gasteiger charge is 2.11. The van der Waals surface area contributed by atoms with Gasteiger partial charge in [0.05, 0.1) is 19.6 Å². The quantitative estimate of drug-likeness (QED) is 0.579. The van der Waals surface area contributed by atoms with Gasteiger partial charge in [-0.15, -0.1) is 0 Å². The molecule has 8 nitrogen and oxygen atoms in total. The summed E-state index contributed by atoms with van der Waals surface area (Å²) in [5.74, 6) is -0.0469. The topological polar surface area (TPSA) is 103 Å². The summed E-state index contributed by atoms with van der Waals surface area (Å²) in [7, 11) is 0. The van der Waals surface area contributed by atoms with E-state index in [1.54, 1.807) is 42.5 Å². The van der Waals surface area contributed by atoms with Crippen LogP contribution < -0.4 is 20.1 Å². The van der Waals surface area contributed by atoms with Crippen LogP contribution in [0.2, 0.25) is 0 Å².